The van der Waals surface area contributed by atoms with E-state index in [2.05, 4.69) is 76.2 Å². The van der Waals surface area contributed by atoms with Crippen LogP contribution in [0.5, 0.6) is 0 Å². The number of hydrogen-bond acceptors (Lipinski definition) is 1. The molecule has 1 atom stereocenters. The SMILES string of the molecule is Cc1cccc(CC(N)Cc2ccc(C(C)(C)C)cc2)c1. The molecule has 0 saturated heterocycles. The second kappa shape index (κ2) is 6.44. The van der Waals surface area contributed by atoms with Gasteiger partial charge in [0.1, 0.15) is 0 Å². The molecule has 0 spiro atoms. The molecule has 21 heavy (non-hydrogen) atoms. The van der Waals surface area contributed by atoms with Crippen LogP contribution in [0.2, 0.25) is 0 Å². The first-order valence-electron chi connectivity index (χ1n) is 7.75. The molecule has 0 radical (unpaired) electrons. The van der Waals surface area contributed by atoms with Crippen LogP contribution in [0.15, 0.2) is 48.5 Å². The Kier molecular flexibility index (Phi) is 4.84. The highest BCUT2D eigenvalue weighted by molar-refractivity contribution is 5.28. The van der Waals surface area contributed by atoms with Crippen molar-refractivity contribution in [2.75, 3.05) is 0 Å². The van der Waals surface area contributed by atoms with Crippen molar-refractivity contribution in [1.82, 2.24) is 0 Å². The number of benzene rings is 2. The summed E-state index contributed by atoms with van der Waals surface area (Å²) in [4.78, 5) is 0. The van der Waals surface area contributed by atoms with Gasteiger partial charge in [-0.1, -0.05) is 74.9 Å². The van der Waals surface area contributed by atoms with Crippen LogP contribution >= 0.6 is 0 Å². The fourth-order valence-corrected chi connectivity index (χ4v) is 2.66. The molecular weight excluding hydrogens is 254 g/mol. The zero-order valence-electron chi connectivity index (χ0n) is 13.7. The zero-order valence-corrected chi connectivity index (χ0v) is 13.7. The van der Waals surface area contributed by atoms with Crippen LogP contribution in [-0.2, 0) is 18.3 Å². The summed E-state index contributed by atoms with van der Waals surface area (Å²) < 4.78 is 0. The topological polar surface area (TPSA) is 26.0 Å². The molecule has 112 valence electrons. The number of nitrogens with two attached hydrogens (primary N) is 1. The number of aryl methyl sites for hydroxylation is 1. The summed E-state index contributed by atoms with van der Waals surface area (Å²) >= 11 is 0. The monoisotopic (exact) mass is 281 g/mol. The van der Waals surface area contributed by atoms with E-state index in [1.54, 1.807) is 0 Å². The van der Waals surface area contributed by atoms with Crippen molar-refractivity contribution >= 4 is 0 Å². The van der Waals surface area contributed by atoms with Crippen LogP contribution in [-0.4, -0.2) is 6.04 Å². The molecule has 0 aromatic heterocycles. The first kappa shape index (κ1) is 15.8. The standard InChI is InChI=1S/C20H27N/c1-15-6-5-7-17(12-15)14-19(21)13-16-8-10-18(11-9-16)20(2,3)4/h5-12,19H,13-14,21H2,1-4H3. The summed E-state index contributed by atoms with van der Waals surface area (Å²) in [5, 5.41) is 0. The summed E-state index contributed by atoms with van der Waals surface area (Å²) in [5.74, 6) is 0. The van der Waals surface area contributed by atoms with Gasteiger partial charge in [-0.25, -0.2) is 0 Å². The molecular formula is C20H27N. The van der Waals surface area contributed by atoms with Gasteiger partial charge in [0.05, 0.1) is 0 Å². The lowest BCUT2D eigenvalue weighted by Gasteiger charge is -2.19. The lowest BCUT2D eigenvalue weighted by atomic mass is 9.86. The molecule has 2 N–H and O–H groups in total. The number of hydrogen-bond donors (Lipinski definition) is 1. The molecule has 1 unspecified atom stereocenters. The van der Waals surface area contributed by atoms with Gasteiger partial charge in [-0.05, 0) is 41.9 Å². The lowest BCUT2D eigenvalue weighted by Crippen LogP contribution is -2.25. The van der Waals surface area contributed by atoms with Crippen molar-refractivity contribution in [3.8, 4) is 0 Å². The predicted octanol–water partition coefficient (Wildman–Crippen LogP) is 4.41. The van der Waals surface area contributed by atoms with E-state index in [4.69, 9.17) is 5.73 Å². The first-order chi connectivity index (χ1) is 9.84. The third kappa shape index (κ3) is 4.71. The summed E-state index contributed by atoms with van der Waals surface area (Å²) in [6, 6.07) is 17.7. The maximum absolute atomic E-state index is 6.31. The minimum absolute atomic E-state index is 0.173. The molecule has 0 aliphatic heterocycles. The quantitative estimate of drug-likeness (QED) is 0.883. The van der Waals surface area contributed by atoms with Crippen LogP contribution in [0.25, 0.3) is 0 Å². The van der Waals surface area contributed by atoms with E-state index in [9.17, 15) is 0 Å². The highest BCUT2D eigenvalue weighted by Crippen LogP contribution is 2.22. The Morgan fingerprint density at radius 1 is 0.905 bits per heavy atom. The molecule has 0 fully saturated rings. The van der Waals surface area contributed by atoms with Crippen LogP contribution < -0.4 is 5.73 Å². The molecule has 0 bridgehead atoms. The molecule has 0 aliphatic carbocycles. The molecule has 0 heterocycles. The third-order valence-corrected chi connectivity index (χ3v) is 3.90. The van der Waals surface area contributed by atoms with Crippen molar-refractivity contribution in [2.45, 2.75) is 52.0 Å². The molecule has 0 aliphatic rings. The normalized spacial score (nSPS) is 13.2. The van der Waals surface area contributed by atoms with E-state index in [1.165, 1.54) is 22.3 Å². The average Bonchev–Trinajstić information content (AvgIpc) is 2.38. The van der Waals surface area contributed by atoms with Gasteiger partial charge in [-0.3, -0.25) is 0 Å². The summed E-state index contributed by atoms with van der Waals surface area (Å²) in [5.41, 5.74) is 11.8. The fourth-order valence-electron chi connectivity index (χ4n) is 2.66. The van der Waals surface area contributed by atoms with Gasteiger partial charge < -0.3 is 5.73 Å². The first-order valence-corrected chi connectivity index (χ1v) is 7.75. The second-order valence-corrected chi connectivity index (χ2v) is 7.10. The molecule has 2 aromatic rings. The molecule has 0 saturated carbocycles. The minimum atomic E-state index is 0.173. The van der Waals surface area contributed by atoms with Gasteiger partial charge in [0, 0.05) is 6.04 Å². The molecule has 2 rings (SSSR count). The minimum Gasteiger partial charge on any atom is -0.327 e. The van der Waals surface area contributed by atoms with Crippen molar-refractivity contribution in [2.24, 2.45) is 5.73 Å². The van der Waals surface area contributed by atoms with E-state index in [0.717, 1.165) is 12.8 Å². The maximum atomic E-state index is 6.31. The fraction of sp³-hybridized carbons (Fsp3) is 0.400. The Balaban J connectivity index is 1.98. The Labute approximate surface area is 129 Å². The Hall–Kier alpha value is -1.60. The van der Waals surface area contributed by atoms with E-state index in [0.29, 0.717) is 0 Å². The van der Waals surface area contributed by atoms with Crippen LogP contribution in [0.3, 0.4) is 0 Å². The van der Waals surface area contributed by atoms with Gasteiger partial charge in [0.25, 0.3) is 0 Å². The van der Waals surface area contributed by atoms with Crippen molar-refractivity contribution in [1.29, 1.82) is 0 Å². The van der Waals surface area contributed by atoms with Crippen LogP contribution in [0, 0.1) is 6.92 Å². The Bertz CT molecular complexity index is 576. The summed E-state index contributed by atoms with van der Waals surface area (Å²) in [7, 11) is 0. The highest BCUT2D eigenvalue weighted by atomic mass is 14.6. The van der Waals surface area contributed by atoms with Crippen molar-refractivity contribution in [3.05, 3.63) is 70.8 Å². The zero-order chi connectivity index (χ0) is 15.5. The van der Waals surface area contributed by atoms with Gasteiger partial charge in [-0.2, -0.15) is 0 Å². The van der Waals surface area contributed by atoms with E-state index >= 15 is 0 Å². The molecule has 0 amide bonds. The van der Waals surface area contributed by atoms with Crippen LogP contribution in [0.4, 0.5) is 0 Å². The highest BCUT2D eigenvalue weighted by Gasteiger charge is 2.13. The van der Waals surface area contributed by atoms with Crippen molar-refractivity contribution < 1.29 is 0 Å². The van der Waals surface area contributed by atoms with E-state index in [1.807, 2.05) is 0 Å². The van der Waals surface area contributed by atoms with Gasteiger partial charge in [0.2, 0.25) is 0 Å². The largest absolute Gasteiger partial charge is 0.327 e. The maximum Gasteiger partial charge on any atom is 0.0120 e. The van der Waals surface area contributed by atoms with Gasteiger partial charge in [0.15, 0.2) is 0 Å². The van der Waals surface area contributed by atoms with Crippen molar-refractivity contribution in [3.63, 3.8) is 0 Å². The van der Waals surface area contributed by atoms with Crippen LogP contribution in [0.1, 0.15) is 43.0 Å². The average molecular weight is 281 g/mol. The van der Waals surface area contributed by atoms with E-state index in [-0.39, 0.29) is 11.5 Å². The summed E-state index contributed by atoms with van der Waals surface area (Å²) in [6.07, 6.45) is 1.86. The Morgan fingerprint density at radius 3 is 2.10 bits per heavy atom. The Morgan fingerprint density at radius 2 is 1.52 bits per heavy atom. The predicted molar refractivity (Wildman–Crippen MR) is 91.7 cm³/mol. The molecule has 1 nitrogen and oxygen atoms in total. The van der Waals surface area contributed by atoms with Gasteiger partial charge >= 0.3 is 0 Å². The lowest BCUT2D eigenvalue weighted by molar-refractivity contribution is 0.589. The molecule has 1 heteroatoms. The molecule has 2 aromatic carbocycles. The summed E-state index contributed by atoms with van der Waals surface area (Å²) in [6.45, 7) is 8.85. The second-order valence-electron chi connectivity index (χ2n) is 7.10. The number of rotatable bonds is 4. The van der Waals surface area contributed by atoms with E-state index < -0.39 is 0 Å². The smallest absolute Gasteiger partial charge is 0.0120 e. The third-order valence-electron chi connectivity index (χ3n) is 3.90. The van der Waals surface area contributed by atoms with Gasteiger partial charge in [-0.15, -0.1) is 0 Å².